The van der Waals surface area contributed by atoms with Crippen molar-refractivity contribution in [3.63, 3.8) is 0 Å². The smallest absolute Gasteiger partial charge is 0.271 e. The van der Waals surface area contributed by atoms with E-state index in [1.54, 1.807) is 11.3 Å². The highest BCUT2D eigenvalue weighted by molar-refractivity contribution is 7.17. The summed E-state index contributed by atoms with van der Waals surface area (Å²) in [6, 6.07) is 4.13. The number of carbonyl (C=O) groups excluding carboxylic acids is 2. The van der Waals surface area contributed by atoms with E-state index in [0.29, 0.717) is 12.5 Å². The molecule has 29 heavy (non-hydrogen) atoms. The molecular formula is C23H31N3O2S. The van der Waals surface area contributed by atoms with Gasteiger partial charge in [0.05, 0.1) is 16.8 Å². The maximum atomic E-state index is 13.6. The Balaban J connectivity index is 1.47. The van der Waals surface area contributed by atoms with E-state index >= 15 is 0 Å². The minimum Gasteiger partial charge on any atom is -0.351 e. The number of hydrogen-bond acceptors (Lipinski definition) is 3. The highest BCUT2D eigenvalue weighted by atomic mass is 32.1. The van der Waals surface area contributed by atoms with E-state index in [-0.39, 0.29) is 23.9 Å². The normalized spacial score (nSPS) is 28.5. The number of amides is 2. The molecular weight excluding hydrogens is 382 g/mol. The second kappa shape index (κ2) is 7.78. The maximum absolute atomic E-state index is 13.6. The van der Waals surface area contributed by atoms with E-state index in [1.807, 2.05) is 11.0 Å². The van der Waals surface area contributed by atoms with E-state index in [0.717, 1.165) is 48.0 Å². The SMILES string of the molecule is CC1CCCCC1NC(=O)C1Cn2c(cc3sccc32)C(=O)N1C1CCCCC1. The number of thiophene rings is 1. The Hall–Kier alpha value is -1.82. The fraction of sp³-hybridized carbons (Fsp3) is 0.652. The van der Waals surface area contributed by atoms with Crippen LogP contribution in [-0.2, 0) is 11.3 Å². The summed E-state index contributed by atoms with van der Waals surface area (Å²) in [7, 11) is 0. The molecule has 1 N–H and O–H groups in total. The van der Waals surface area contributed by atoms with Crippen molar-refractivity contribution in [1.29, 1.82) is 0 Å². The van der Waals surface area contributed by atoms with Crippen molar-refractivity contribution in [2.75, 3.05) is 0 Å². The second-order valence-corrected chi connectivity index (χ2v) is 10.2. The molecule has 2 aromatic heterocycles. The second-order valence-electron chi connectivity index (χ2n) is 9.21. The summed E-state index contributed by atoms with van der Waals surface area (Å²) < 4.78 is 3.22. The highest BCUT2D eigenvalue weighted by Crippen LogP contribution is 2.34. The van der Waals surface area contributed by atoms with Crippen LogP contribution in [0.15, 0.2) is 17.5 Å². The van der Waals surface area contributed by atoms with Crippen molar-refractivity contribution in [2.24, 2.45) is 5.92 Å². The maximum Gasteiger partial charge on any atom is 0.271 e. The van der Waals surface area contributed by atoms with Gasteiger partial charge in [0.25, 0.3) is 5.91 Å². The molecule has 3 aliphatic rings. The molecule has 0 aromatic carbocycles. The van der Waals surface area contributed by atoms with Gasteiger partial charge in [0.15, 0.2) is 0 Å². The van der Waals surface area contributed by atoms with E-state index < -0.39 is 6.04 Å². The lowest BCUT2D eigenvalue weighted by Gasteiger charge is -2.43. The third kappa shape index (κ3) is 3.39. The standard InChI is InChI=1S/C23H31N3O2S/c1-15-7-5-6-10-17(15)24-22(27)20-14-25-18-11-12-29-21(18)13-19(25)23(28)26(20)16-8-3-2-4-9-16/h11-13,15-17,20H,2-10,14H2,1H3,(H,24,27). The summed E-state index contributed by atoms with van der Waals surface area (Å²) in [5.41, 5.74) is 1.85. The summed E-state index contributed by atoms with van der Waals surface area (Å²) >= 11 is 1.67. The first-order chi connectivity index (χ1) is 14.1. The van der Waals surface area contributed by atoms with Gasteiger partial charge in [-0.2, -0.15) is 0 Å². The number of carbonyl (C=O) groups is 2. The van der Waals surface area contributed by atoms with E-state index in [1.165, 1.54) is 25.7 Å². The molecule has 6 heteroatoms. The third-order valence-corrected chi connectivity index (χ3v) is 8.23. The molecule has 2 fully saturated rings. The summed E-state index contributed by atoms with van der Waals surface area (Å²) in [4.78, 5) is 29.0. The van der Waals surface area contributed by atoms with E-state index in [9.17, 15) is 9.59 Å². The number of rotatable bonds is 3. The molecule has 156 valence electrons. The minimum absolute atomic E-state index is 0.0448. The monoisotopic (exact) mass is 413 g/mol. The van der Waals surface area contributed by atoms with Gasteiger partial charge in [-0.05, 0) is 49.1 Å². The van der Waals surface area contributed by atoms with Gasteiger partial charge < -0.3 is 14.8 Å². The fourth-order valence-corrected chi connectivity index (χ4v) is 6.51. The predicted octanol–water partition coefficient (Wildman–Crippen LogP) is 4.55. The number of nitrogens with one attached hydrogen (secondary N) is 1. The van der Waals surface area contributed by atoms with Gasteiger partial charge in [-0.25, -0.2) is 0 Å². The van der Waals surface area contributed by atoms with Crippen molar-refractivity contribution in [3.05, 3.63) is 23.2 Å². The van der Waals surface area contributed by atoms with Gasteiger partial charge in [0, 0.05) is 12.1 Å². The molecule has 3 atom stereocenters. The van der Waals surface area contributed by atoms with Crippen LogP contribution in [0.2, 0.25) is 0 Å². The molecule has 2 aliphatic carbocycles. The Bertz CT molecular complexity index is 911. The first-order valence-electron chi connectivity index (χ1n) is 11.3. The molecule has 5 rings (SSSR count). The van der Waals surface area contributed by atoms with Gasteiger partial charge in [-0.1, -0.05) is 39.0 Å². The Labute approximate surface area is 176 Å². The van der Waals surface area contributed by atoms with Crippen LogP contribution < -0.4 is 5.32 Å². The van der Waals surface area contributed by atoms with Gasteiger partial charge in [-0.3, -0.25) is 9.59 Å². The minimum atomic E-state index is -0.400. The molecule has 5 nitrogen and oxygen atoms in total. The fourth-order valence-electron chi connectivity index (χ4n) is 5.68. The van der Waals surface area contributed by atoms with Gasteiger partial charge >= 0.3 is 0 Å². The number of nitrogens with zero attached hydrogens (tertiary/aromatic N) is 2. The van der Waals surface area contributed by atoms with Gasteiger partial charge in [0.1, 0.15) is 11.7 Å². The van der Waals surface area contributed by atoms with Crippen LogP contribution in [0.3, 0.4) is 0 Å². The average molecular weight is 414 g/mol. The third-order valence-electron chi connectivity index (χ3n) is 7.38. The molecule has 0 radical (unpaired) electrons. The van der Waals surface area contributed by atoms with E-state index in [4.69, 9.17) is 0 Å². The average Bonchev–Trinajstić information content (AvgIpc) is 3.32. The van der Waals surface area contributed by atoms with Crippen molar-refractivity contribution in [1.82, 2.24) is 14.8 Å². The Morgan fingerprint density at radius 2 is 1.86 bits per heavy atom. The lowest BCUT2D eigenvalue weighted by Crippen LogP contribution is -2.60. The van der Waals surface area contributed by atoms with Crippen LogP contribution in [0.1, 0.15) is 75.2 Å². The molecule has 2 saturated carbocycles. The van der Waals surface area contributed by atoms with Crippen LogP contribution >= 0.6 is 11.3 Å². The van der Waals surface area contributed by atoms with Crippen LogP contribution in [0.4, 0.5) is 0 Å². The lowest BCUT2D eigenvalue weighted by molar-refractivity contribution is -0.128. The highest BCUT2D eigenvalue weighted by Gasteiger charge is 2.42. The van der Waals surface area contributed by atoms with Crippen molar-refractivity contribution < 1.29 is 9.59 Å². The van der Waals surface area contributed by atoms with Crippen molar-refractivity contribution >= 4 is 33.4 Å². The zero-order valence-corrected chi connectivity index (χ0v) is 18.0. The summed E-state index contributed by atoms with van der Waals surface area (Å²) in [6.07, 6.45) is 10.3. The number of aromatic nitrogens is 1. The molecule has 2 aromatic rings. The topological polar surface area (TPSA) is 54.3 Å². The summed E-state index contributed by atoms with van der Waals surface area (Å²) in [5.74, 6) is 0.606. The van der Waals surface area contributed by atoms with E-state index in [2.05, 4.69) is 28.3 Å². The molecule has 0 bridgehead atoms. The van der Waals surface area contributed by atoms with Gasteiger partial charge in [0.2, 0.25) is 5.91 Å². The van der Waals surface area contributed by atoms with Gasteiger partial charge in [-0.15, -0.1) is 11.3 Å². The van der Waals surface area contributed by atoms with Crippen LogP contribution in [0, 0.1) is 5.92 Å². The molecule has 3 unspecified atom stereocenters. The Morgan fingerprint density at radius 3 is 2.66 bits per heavy atom. The first kappa shape index (κ1) is 19.2. The van der Waals surface area contributed by atoms with Crippen LogP contribution in [0.25, 0.3) is 10.2 Å². The summed E-state index contributed by atoms with van der Waals surface area (Å²) in [6.45, 7) is 2.82. The predicted molar refractivity (Wildman–Crippen MR) is 116 cm³/mol. The molecule has 2 amide bonds. The molecule has 1 aliphatic heterocycles. The van der Waals surface area contributed by atoms with Crippen molar-refractivity contribution in [3.8, 4) is 0 Å². The van der Waals surface area contributed by atoms with Crippen LogP contribution in [-0.4, -0.2) is 39.4 Å². The zero-order valence-electron chi connectivity index (χ0n) is 17.2. The molecule has 3 heterocycles. The Kier molecular flexibility index (Phi) is 5.14. The van der Waals surface area contributed by atoms with Crippen molar-refractivity contribution in [2.45, 2.75) is 89.4 Å². The number of fused-ring (bicyclic) bond motifs is 3. The quantitative estimate of drug-likeness (QED) is 0.802. The Morgan fingerprint density at radius 1 is 1.10 bits per heavy atom. The zero-order chi connectivity index (χ0) is 20.0. The largest absolute Gasteiger partial charge is 0.351 e. The summed E-state index contributed by atoms with van der Waals surface area (Å²) in [5, 5.41) is 5.41. The first-order valence-corrected chi connectivity index (χ1v) is 12.2. The number of hydrogen-bond donors (Lipinski definition) is 1. The lowest BCUT2D eigenvalue weighted by atomic mass is 9.85. The molecule has 0 spiro atoms. The van der Waals surface area contributed by atoms with Crippen LogP contribution in [0.5, 0.6) is 0 Å². The molecule has 0 saturated heterocycles.